The minimum Gasteiger partial charge on any atom is -0.324 e. The van der Waals surface area contributed by atoms with Crippen molar-refractivity contribution in [3.05, 3.63) is 137 Å². The van der Waals surface area contributed by atoms with Gasteiger partial charge in [-0.05, 0) is 66.6 Å². The predicted octanol–water partition coefficient (Wildman–Crippen LogP) is 7.70. The van der Waals surface area contributed by atoms with Crippen LogP contribution in [0.5, 0.6) is 0 Å². The maximum atomic E-state index is 13.2. The Hall–Kier alpha value is -6.18. The van der Waals surface area contributed by atoms with E-state index in [1.54, 1.807) is 48.7 Å². The van der Waals surface area contributed by atoms with Gasteiger partial charge in [-0.1, -0.05) is 48.5 Å². The predicted molar refractivity (Wildman–Crippen MR) is 177 cm³/mol. The van der Waals surface area contributed by atoms with Gasteiger partial charge in [0.1, 0.15) is 0 Å². The van der Waals surface area contributed by atoms with Gasteiger partial charge in [-0.15, -0.1) is 11.3 Å². The highest BCUT2D eigenvalue weighted by Gasteiger charge is 2.14. The number of hydrogen-bond acceptors (Lipinski definition) is 8. The minimum absolute atomic E-state index is 0.277. The van der Waals surface area contributed by atoms with Crippen LogP contribution < -0.4 is 16.0 Å². The maximum absolute atomic E-state index is 13.2. The molecule has 6 rings (SSSR count). The van der Waals surface area contributed by atoms with Crippen molar-refractivity contribution in [2.75, 3.05) is 16.0 Å². The second-order valence-corrected chi connectivity index (χ2v) is 11.1. The molecule has 3 aromatic carbocycles. The fourth-order valence-electron chi connectivity index (χ4n) is 4.50. The molecule has 2 amide bonds. The van der Waals surface area contributed by atoms with Gasteiger partial charge in [-0.3, -0.25) is 14.6 Å². The Morgan fingerprint density at radius 3 is 2.40 bits per heavy atom. The molecule has 0 aliphatic rings. The highest BCUT2D eigenvalue weighted by Crippen LogP contribution is 2.29. The molecule has 3 N–H and O–H groups in total. The first-order valence-electron chi connectivity index (χ1n) is 13.9. The Kier molecular flexibility index (Phi) is 8.35. The zero-order chi connectivity index (χ0) is 31.2. The first-order chi connectivity index (χ1) is 21.9. The summed E-state index contributed by atoms with van der Waals surface area (Å²) < 4.78 is 0. The van der Waals surface area contributed by atoms with Crippen LogP contribution in [0.25, 0.3) is 21.7 Å². The van der Waals surface area contributed by atoms with Gasteiger partial charge in [-0.25, -0.2) is 9.97 Å². The van der Waals surface area contributed by atoms with Crippen LogP contribution in [0.3, 0.4) is 0 Å². The second-order valence-electron chi connectivity index (χ2n) is 10.0. The van der Waals surface area contributed by atoms with E-state index in [0.29, 0.717) is 33.5 Å². The van der Waals surface area contributed by atoms with Crippen molar-refractivity contribution in [1.29, 1.82) is 5.26 Å². The fraction of sp³-hybridized carbons (Fsp3) is 0.0286. The normalized spacial score (nSPS) is 10.5. The smallest absolute Gasteiger partial charge is 0.265 e. The van der Waals surface area contributed by atoms with Crippen molar-refractivity contribution in [2.45, 2.75) is 6.92 Å². The number of nitrogens with one attached hydrogen (secondary N) is 3. The van der Waals surface area contributed by atoms with Crippen LogP contribution in [-0.4, -0.2) is 26.8 Å². The molecule has 0 saturated carbocycles. The number of carbonyl (C=O) groups excluding carboxylic acids is 2. The largest absolute Gasteiger partial charge is 0.324 e. The molecule has 218 valence electrons. The van der Waals surface area contributed by atoms with Gasteiger partial charge in [-0.2, -0.15) is 5.26 Å². The lowest BCUT2D eigenvalue weighted by molar-refractivity contribution is 0.101. The Bertz CT molecular complexity index is 2050. The number of nitrogens with zero attached hydrogens (tertiary/aromatic N) is 4. The summed E-state index contributed by atoms with van der Waals surface area (Å²) in [6.07, 6.45) is 4.60. The lowest BCUT2D eigenvalue weighted by Gasteiger charge is -2.12. The molecule has 0 aliphatic carbocycles. The van der Waals surface area contributed by atoms with Crippen LogP contribution in [0.15, 0.2) is 116 Å². The first-order valence-corrected chi connectivity index (χ1v) is 14.7. The Labute approximate surface area is 263 Å². The van der Waals surface area contributed by atoms with Gasteiger partial charge in [0.25, 0.3) is 11.8 Å². The minimum atomic E-state index is -0.380. The lowest BCUT2D eigenvalue weighted by Crippen LogP contribution is -2.15. The molecular weight excluding hydrogens is 582 g/mol. The zero-order valence-electron chi connectivity index (χ0n) is 24.0. The molecule has 6 aromatic rings. The number of benzene rings is 3. The van der Waals surface area contributed by atoms with E-state index < -0.39 is 0 Å². The average molecular weight is 608 g/mol. The van der Waals surface area contributed by atoms with Crippen LogP contribution in [0.1, 0.15) is 31.2 Å². The molecule has 0 bridgehead atoms. The van der Waals surface area contributed by atoms with Gasteiger partial charge < -0.3 is 16.0 Å². The summed E-state index contributed by atoms with van der Waals surface area (Å²) in [4.78, 5) is 40.7. The van der Waals surface area contributed by atoms with Crippen molar-refractivity contribution < 1.29 is 9.59 Å². The number of anilines is 4. The SMILES string of the molecule is Cc1ccc(NC(=O)c2cncc(NC(=O)c3ccc(-c4ccccc4)s3)c2)cc1Nc1nccc(-c2ccc(C#N)cc2)n1. The third-order valence-electron chi connectivity index (χ3n) is 6.85. The molecule has 0 aliphatic heterocycles. The van der Waals surface area contributed by atoms with Crippen LogP contribution in [0.2, 0.25) is 0 Å². The van der Waals surface area contributed by atoms with Gasteiger partial charge in [0, 0.05) is 34.2 Å². The van der Waals surface area contributed by atoms with E-state index in [-0.39, 0.29) is 17.4 Å². The van der Waals surface area contributed by atoms with Crippen molar-refractivity contribution in [3.8, 4) is 27.8 Å². The lowest BCUT2D eigenvalue weighted by atomic mass is 10.1. The number of amides is 2. The summed E-state index contributed by atoms with van der Waals surface area (Å²) in [5.74, 6) is -0.270. The van der Waals surface area contributed by atoms with E-state index in [0.717, 1.165) is 27.3 Å². The number of aryl methyl sites for hydroxylation is 1. The molecule has 3 heterocycles. The van der Waals surface area contributed by atoms with Crippen molar-refractivity contribution >= 4 is 46.2 Å². The molecule has 0 fully saturated rings. The van der Waals surface area contributed by atoms with Crippen molar-refractivity contribution in [1.82, 2.24) is 15.0 Å². The summed E-state index contributed by atoms with van der Waals surface area (Å²) in [5, 5.41) is 18.0. The summed E-state index contributed by atoms with van der Waals surface area (Å²) >= 11 is 1.39. The molecule has 0 saturated heterocycles. The number of nitriles is 1. The highest BCUT2D eigenvalue weighted by molar-refractivity contribution is 7.17. The van der Waals surface area contributed by atoms with Gasteiger partial charge in [0.2, 0.25) is 5.95 Å². The molecule has 0 spiro atoms. The van der Waals surface area contributed by atoms with Crippen molar-refractivity contribution in [2.24, 2.45) is 0 Å². The van der Waals surface area contributed by atoms with Crippen LogP contribution in [0, 0.1) is 18.3 Å². The number of hydrogen-bond donors (Lipinski definition) is 3. The Morgan fingerprint density at radius 1 is 0.800 bits per heavy atom. The number of pyridine rings is 1. The Morgan fingerprint density at radius 2 is 1.60 bits per heavy atom. The van der Waals surface area contributed by atoms with E-state index in [1.165, 1.54) is 23.7 Å². The summed E-state index contributed by atoms with van der Waals surface area (Å²) in [6.45, 7) is 1.94. The topological polar surface area (TPSA) is 133 Å². The monoisotopic (exact) mass is 607 g/mol. The van der Waals surface area contributed by atoms with Gasteiger partial charge >= 0.3 is 0 Å². The second kappa shape index (κ2) is 13.0. The zero-order valence-corrected chi connectivity index (χ0v) is 24.8. The summed E-state index contributed by atoms with van der Waals surface area (Å²) in [6, 6.07) is 31.7. The Balaban J connectivity index is 1.13. The average Bonchev–Trinajstić information content (AvgIpc) is 3.58. The molecular formula is C35H25N7O2S. The van der Waals surface area contributed by atoms with Crippen molar-refractivity contribution in [3.63, 3.8) is 0 Å². The molecule has 10 heteroatoms. The van der Waals surface area contributed by atoms with Gasteiger partial charge in [0.15, 0.2) is 0 Å². The number of rotatable bonds is 8. The summed E-state index contributed by atoms with van der Waals surface area (Å²) in [7, 11) is 0. The highest BCUT2D eigenvalue weighted by atomic mass is 32.1. The van der Waals surface area contributed by atoms with E-state index in [2.05, 4.69) is 37.0 Å². The quantitative estimate of drug-likeness (QED) is 0.161. The fourth-order valence-corrected chi connectivity index (χ4v) is 5.40. The van der Waals surface area contributed by atoms with E-state index in [9.17, 15) is 9.59 Å². The molecule has 45 heavy (non-hydrogen) atoms. The third kappa shape index (κ3) is 6.91. The number of aromatic nitrogens is 3. The molecule has 0 atom stereocenters. The first kappa shape index (κ1) is 28.9. The molecule has 3 aromatic heterocycles. The van der Waals surface area contributed by atoms with Crippen LogP contribution >= 0.6 is 11.3 Å². The van der Waals surface area contributed by atoms with Crippen LogP contribution in [-0.2, 0) is 0 Å². The van der Waals surface area contributed by atoms with E-state index in [4.69, 9.17) is 5.26 Å². The third-order valence-corrected chi connectivity index (χ3v) is 7.99. The number of carbonyl (C=O) groups is 2. The van der Waals surface area contributed by atoms with Crippen LogP contribution in [0.4, 0.5) is 23.0 Å². The molecule has 9 nitrogen and oxygen atoms in total. The molecule has 0 unspecified atom stereocenters. The van der Waals surface area contributed by atoms with E-state index in [1.807, 2.05) is 61.5 Å². The van der Waals surface area contributed by atoms with Gasteiger partial charge in [0.05, 0.1) is 39.7 Å². The standard InChI is InChI=1S/C35H25N7O2S/c1-22-7-12-27(18-30(22)42-35-38-16-15-29(41-35)24-10-8-23(19-36)9-11-24)39-33(43)26-17-28(21-37-20-26)40-34(44)32-14-13-31(45-32)25-5-3-2-4-6-25/h2-18,20-21H,1H3,(H,39,43)(H,40,44)(H,38,41,42). The van der Waals surface area contributed by atoms with E-state index >= 15 is 0 Å². The number of thiophene rings is 1. The molecule has 0 radical (unpaired) electrons. The summed E-state index contributed by atoms with van der Waals surface area (Å²) in [5.41, 5.74) is 6.07. The maximum Gasteiger partial charge on any atom is 0.265 e.